The molecule has 1 aliphatic heterocycles. The number of para-hydroxylation sites is 1. The maximum atomic E-state index is 11.9. The zero-order valence-corrected chi connectivity index (χ0v) is 10.7. The van der Waals surface area contributed by atoms with E-state index in [2.05, 4.69) is 5.32 Å². The molecule has 0 aliphatic carbocycles. The second kappa shape index (κ2) is 3.95. The number of anilines is 2. The molecule has 1 heterocycles. The predicted octanol–water partition coefficient (Wildman–Crippen LogP) is 2.25. The standard InChI is InChI=1S/C13H18N2O2/c1-9(16)15-12-10(14-8-13(15,2)3)6-5-7-11(12)17-4/h5-7,14H,8H2,1-4H3. The van der Waals surface area contributed by atoms with Crippen LogP contribution in [0, 0.1) is 0 Å². The smallest absolute Gasteiger partial charge is 0.224 e. The van der Waals surface area contributed by atoms with E-state index in [4.69, 9.17) is 4.74 Å². The molecule has 0 saturated carbocycles. The fraction of sp³-hybridized carbons (Fsp3) is 0.462. The fourth-order valence-corrected chi connectivity index (χ4v) is 2.34. The highest BCUT2D eigenvalue weighted by atomic mass is 16.5. The van der Waals surface area contributed by atoms with Crippen molar-refractivity contribution in [2.75, 3.05) is 23.9 Å². The van der Waals surface area contributed by atoms with E-state index in [1.165, 1.54) is 0 Å². The van der Waals surface area contributed by atoms with Crippen LogP contribution in [0.1, 0.15) is 20.8 Å². The number of carbonyl (C=O) groups excluding carboxylic acids is 1. The summed E-state index contributed by atoms with van der Waals surface area (Å²) in [5.41, 5.74) is 1.52. The van der Waals surface area contributed by atoms with E-state index in [0.29, 0.717) is 0 Å². The first-order valence-electron chi connectivity index (χ1n) is 5.69. The summed E-state index contributed by atoms with van der Waals surface area (Å²) in [6.07, 6.45) is 0. The summed E-state index contributed by atoms with van der Waals surface area (Å²) in [7, 11) is 1.62. The van der Waals surface area contributed by atoms with Crippen molar-refractivity contribution < 1.29 is 9.53 Å². The Kier molecular flexibility index (Phi) is 2.73. The Balaban J connectivity index is 2.62. The molecule has 1 amide bonds. The highest BCUT2D eigenvalue weighted by molar-refractivity contribution is 6.00. The number of hydrogen-bond acceptors (Lipinski definition) is 3. The number of nitrogens with zero attached hydrogens (tertiary/aromatic N) is 1. The third-order valence-corrected chi connectivity index (χ3v) is 3.07. The molecule has 2 rings (SSSR count). The molecule has 1 N–H and O–H groups in total. The molecule has 4 nitrogen and oxygen atoms in total. The Hall–Kier alpha value is -1.71. The van der Waals surface area contributed by atoms with Crippen molar-refractivity contribution in [3.63, 3.8) is 0 Å². The lowest BCUT2D eigenvalue weighted by atomic mass is 9.97. The number of fused-ring (bicyclic) bond motifs is 1. The first-order chi connectivity index (χ1) is 7.97. The molecule has 0 bridgehead atoms. The minimum Gasteiger partial charge on any atom is -0.494 e. The fourth-order valence-electron chi connectivity index (χ4n) is 2.34. The number of carbonyl (C=O) groups is 1. The van der Waals surface area contributed by atoms with Gasteiger partial charge in [-0.2, -0.15) is 0 Å². The van der Waals surface area contributed by atoms with Crippen LogP contribution < -0.4 is 15.0 Å². The van der Waals surface area contributed by atoms with Crippen LogP contribution in [0.15, 0.2) is 18.2 Å². The number of rotatable bonds is 1. The quantitative estimate of drug-likeness (QED) is 0.810. The molecule has 17 heavy (non-hydrogen) atoms. The molecule has 1 aromatic rings. The van der Waals surface area contributed by atoms with Crippen LogP contribution >= 0.6 is 0 Å². The Labute approximate surface area is 102 Å². The lowest BCUT2D eigenvalue weighted by molar-refractivity contribution is -0.117. The maximum absolute atomic E-state index is 11.9. The van der Waals surface area contributed by atoms with Crippen LogP contribution in [0.2, 0.25) is 0 Å². The van der Waals surface area contributed by atoms with E-state index in [9.17, 15) is 4.79 Å². The number of methoxy groups -OCH3 is 1. The average molecular weight is 234 g/mol. The molecule has 0 aromatic heterocycles. The first kappa shape index (κ1) is 11.8. The lowest BCUT2D eigenvalue weighted by Crippen LogP contribution is -2.54. The zero-order chi connectivity index (χ0) is 12.6. The minimum atomic E-state index is -0.256. The summed E-state index contributed by atoms with van der Waals surface area (Å²) in [6, 6.07) is 5.75. The minimum absolute atomic E-state index is 0.0299. The summed E-state index contributed by atoms with van der Waals surface area (Å²) in [5, 5.41) is 3.34. The molecule has 0 radical (unpaired) electrons. The van der Waals surface area contributed by atoms with E-state index in [0.717, 1.165) is 23.7 Å². The molecule has 0 saturated heterocycles. The van der Waals surface area contributed by atoms with Crippen molar-refractivity contribution in [3.05, 3.63) is 18.2 Å². The van der Waals surface area contributed by atoms with E-state index < -0.39 is 0 Å². The van der Waals surface area contributed by atoms with Crippen molar-refractivity contribution in [2.45, 2.75) is 26.3 Å². The topological polar surface area (TPSA) is 41.6 Å². The van der Waals surface area contributed by atoms with Crippen LogP contribution in [0.3, 0.4) is 0 Å². The van der Waals surface area contributed by atoms with Crippen molar-refractivity contribution in [1.82, 2.24) is 0 Å². The summed E-state index contributed by atoms with van der Waals surface area (Å²) < 4.78 is 5.35. The van der Waals surface area contributed by atoms with Gasteiger partial charge in [-0.3, -0.25) is 4.79 Å². The maximum Gasteiger partial charge on any atom is 0.224 e. The molecular formula is C13H18N2O2. The van der Waals surface area contributed by atoms with Gasteiger partial charge in [0, 0.05) is 13.5 Å². The van der Waals surface area contributed by atoms with Crippen LogP contribution in [0.5, 0.6) is 5.75 Å². The monoisotopic (exact) mass is 234 g/mol. The van der Waals surface area contributed by atoms with E-state index >= 15 is 0 Å². The van der Waals surface area contributed by atoms with Crippen LogP contribution in [0.25, 0.3) is 0 Å². The van der Waals surface area contributed by atoms with Gasteiger partial charge < -0.3 is 15.0 Å². The summed E-state index contributed by atoms with van der Waals surface area (Å²) in [4.78, 5) is 13.7. The molecule has 0 unspecified atom stereocenters. The van der Waals surface area contributed by atoms with Gasteiger partial charge in [-0.1, -0.05) is 6.07 Å². The van der Waals surface area contributed by atoms with Gasteiger partial charge >= 0.3 is 0 Å². The van der Waals surface area contributed by atoms with Gasteiger partial charge in [0.15, 0.2) is 0 Å². The SMILES string of the molecule is COc1cccc2c1N(C(C)=O)C(C)(C)CN2. The van der Waals surface area contributed by atoms with Gasteiger partial charge in [0.2, 0.25) is 5.91 Å². The number of amides is 1. The van der Waals surface area contributed by atoms with Crippen LogP contribution in [-0.4, -0.2) is 25.1 Å². The number of benzene rings is 1. The largest absolute Gasteiger partial charge is 0.494 e. The predicted molar refractivity (Wildman–Crippen MR) is 68.7 cm³/mol. The zero-order valence-electron chi connectivity index (χ0n) is 10.7. The Morgan fingerprint density at radius 3 is 2.76 bits per heavy atom. The molecule has 1 aromatic carbocycles. The molecule has 1 aliphatic rings. The Morgan fingerprint density at radius 1 is 1.47 bits per heavy atom. The Morgan fingerprint density at radius 2 is 2.18 bits per heavy atom. The molecule has 0 spiro atoms. The van der Waals surface area contributed by atoms with Crippen LogP contribution in [0.4, 0.5) is 11.4 Å². The van der Waals surface area contributed by atoms with Crippen molar-refractivity contribution in [3.8, 4) is 5.75 Å². The summed E-state index contributed by atoms with van der Waals surface area (Å²) >= 11 is 0. The van der Waals surface area contributed by atoms with Crippen molar-refractivity contribution >= 4 is 17.3 Å². The van der Waals surface area contributed by atoms with Gasteiger partial charge in [0.05, 0.1) is 18.3 Å². The van der Waals surface area contributed by atoms with E-state index in [1.807, 2.05) is 32.0 Å². The molecular weight excluding hydrogens is 216 g/mol. The van der Waals surface area contributed by atoms with Crippen molar-refractivity contribution in [1.29, 1.82) is 0 Å². The highest BCUT2D eigenvalue weighted by Gasteiger charge is 2.37. The van der Waals surface area contributed by atoms with Gasteiger partial charge in [-0.05, 0) is 26.0 Å². The average Bonchev–Trinajstić information content (AvgIpc) is 2.26. The van der Waals surface area contributed by atoms with Gasteiger partial charge in [-0.25, -0.2) is 0 Å². The van der Waals surface area contributed by atoms with Gasteiger partial charge in [0.25, 0.3) is 0 Å². The summed E-state index contributed by atoms with van der Waals surface area (Å²) in [6.45, 7) is 6.39. The highest BCUT2D eigenvalue weighted by Crippen LogP contribution is 2.42. The van der Waals surface area contributed by atoms with Gasteiger partial charge in [0.1, 0.15) is 11.4 Å². The Bertz CT molecular complexity index is 440. The lowest BCUT2D eigenvalue weighted by Gasteiger charge is -2.43. The van der Waals surface area contributed by atoms with E-state index in [1.54, 1.807) is 18.9 Å². The van der Waals surface area contributed by atoms with Crippen LogP contribution in [-0.2, 0) is 4.79 Å². The second-order valence-corrected chi connectivity index (χ2v) is 4.88. The first-order valence-corrected chi connectivity index (χ1v) is 5.69. The number of hydrogen-bond donors (Lipinski definition) is 1. The third kappa shape index (κ3) is 1.84. The second-order valence-electron chi connectivity index (χ2n) is 4.88. The summed E-state index contributed by atoms with van der Waals surface area (Å²) in [5.74, 6) is 0.750. The number of ether oxygens (including phenoxy) is 1. The molecule has 0 atom stereocenters. The molecule has 0 fully saturated rings. The number of nitrogens with one attached hydrogen (secondary N) is 1. The molecule has 92 valence electrons. The normalized spacial score (nSPS) is 17.1. The van der Waals surface area contributed by atoms with E-state index in [-0.39, 0.29) is 11.4 Å². The van der Waals surface area contributed by atoms with Crippen molar-refractivity contribution in [2.24, 2.45) is 0 Å². The van der Waals surface area contributed by atoms with Gasteiger partial charge in [-0.15, -0.1) is 0 Å². The third-order valence-electron chi connectivity index (χ3n) is 3.07. The molecule has 4 heteroatoms.